The molecular formula is C28H31F3N4O2. The summed E-state index contributed by atoms with van der Waals surface area (Å²) < 4.78 is 47.3. The van der Waals surface area contributed by atoms with E-state index in [1.54, 1.807) is 31.5 Å². The zero-order valence-corrected chi connectivity index (χ0v) is 21.0. The zero-order chi connectivity index (χ0) is 26.4. The number of benzene rings is 2. The Labute approximate surface area is 215 Å². The third-order valence-corrected chi connectivity index (χ3v) is 6.52. The number of likely N-dealkylation sites (N-methyl/N-ethyl adjacent to an activating group) is 1. The summed E-state index contributed by atoms with van der Waals surface area (Å²) in [6.45, 7) is 7.93. The smallest absolute Gasteiger partial charge is 0.416 e. The lowest BCUT2D eigenvalue weighted by Crippen LogP contribution is -2.45. The maximum absolute atomic E-state index is 13.9. The van der Waals surface area contributed by atoms with Gasteiger partial charge in [-0.05, 0) is 60.5 Å². The molecule has 6 nitrogen and oxygen atoms in total. The highest BCUT2D eigenvalue weighted by molar-refractivity contribution is 5.94. The molecule has 1 fully saturated rings. The van der Waals surface area contributed by atoms with Crippen LogP contribution in [-0.4, -0.2) is 59.5 Å². The number of piperazine rings is 1. The van der Waals surface area contributed by atoms with Gasteiger partial charge in [-0.1, -0.05) is 31.2 Å². The van der Waals surface area contributed by atoms with Gasteiger partial charge in [0, 0.05) is 50.8 Å². The van der Waals surface area contributed by atoms with Gasteiger partial charge in [0.05, 0.1) is 5.56 Å². The molecule has 1 atom stereocenters. The number of amides is 1. The molecule has 0 spiro atoms. The van der Waals surface area contributed by atoms with Gasteiger partial charge in [-0.3, -0.25) is 14.7 Å². The zero-order valence-electron chi connectivity index (χ0n) is 21.0. The summed E-state index contributed by atoms with van der Waals surface area (Å²) in [6.07, 6.45) is -1.99. The van der Waals surface area contributed by atoms with Gasteiger partial charge in [0.2, 0.25) is 0 Å². The molecule has 37 heavy (non-hydrogen) atoms. The topological polar surface area (TPSA) is 57.7 Å². The molecule has 1 aromatic heterocycles. The third-order valence-electron chi connectivity index (χ3n) is 6.52. The number of aromatic nitrogens is 1. The minimum Gasteiger partial charge on any atom is -0.481 e. The lowest BCUT2D eigenvalue weighted by atomic mass is 10.0. The number of nitrogens with zero attached hydrogens (tertiary/aromatic N) is 3. The van der Waals surface area contributed by atoms with E-state index in [-0.39, 0.29) is 17.8 Å². The third kappa shape index (κ3) is 7.08. The van der Waals surface area contributed by atoms with Crippen LogP contribution < -0.4 is 10.1 Å². The summed E-state index contributed by atoms with van der Waals surface area (Å²) in [4.78, 5) is 21.1. The second kappa shape index (κ2) is 11.7. The molecule has 0 bridgehead atoms. The Bertz CT molecular complexity index is 1180. The van der Waals surface area contributed by atoms with Crippen LogP contribution in [0.5, 0.6) is 5.75 Å². The number of hydrogen-bond donors (Lipinski definition) is 1. The Morgan fingerprint density at radius 3 is 2.35 bits per heavy atom. The Kier molecular flexibility index (Phi) is 8.45. The Hall–Kier alpha value is -3.43. The minimum atomic E-state index is -4.53. The fourth-order valence-corrected chi connectivity index (χ4v) is 4.32. The van der Waals surface area contributed by atoms with Crippen LogP contribution >= 0.6 is 0 Å². The van der Waals surface area contributed by atoms with Crippen molar-refractivity contribution in [3.8, 4) is 16.9 Å². The van der Waals surface area contributed by atoms with Crippen molar-refractivity contribution in [1.82, 2.24) is 14.8 Å². The van der Waals surface area contributed by atoms with Gasteiger partial charge in [-0.2, -0.15) is 13.2 Å². The van der Waals surface area contributed by atoms with Gasteiger partial charge in [0.15, 0.2) is 6.10 Å². The van der Waals surface area contributed by atoms with Crippen LogP contribution in [0.15, 0.2) is 67.0 Å². The highest BCUT2D eigenvalue weighted by Crippen LogP contribution is 2.34. The van der Waals surface area contributed by atoms with Crippen LogP contribution in [0.4, 0.5) is 18.9 Å². The van der Waals surface area contributed by atoms with E-state index in [1.807, 2.05) is 29.2 Å². The average molecular weight is 513 g/mol. The van der Waals surface area contributed by atoms with Crippen molar-refractivity contribution in [2.75, 3.05) is 38.0 Å². The van der Waals surface area contributed by atoms with Gasteiger partial charge in [0.25, 0.3) is 5.91 Å². The van der Waals surface area contributed by atoms with Crippen molar-refractivity contribution >= 4 is 11.6 Å². The van der Waals surface area contributed by atoms with E-state index in [1.165, 1.54) is 12.1 Å². The monoisotopic (exact) mass is 512 g/mol. The molecule has 4 rings (SSSR count). The van der Waals surface area contributed by atoms with Crippen LogP contribution in [0.25, 0.3) is 11.1 Å². The number of nitrogens with one attached hydrogen (secondary N) is 1. The fourth-order valence-electron chi connectivity index (χ4n) is 4.32. The van der Waals surface area contributed by atoms with Crippen molar-refractivity contribution in [2.45, 2.75) is 32.7 Å². The predicted molar refractivity (Wildman–Crippen MR) is 137 cm³/mol. The molecule has 9 heteroatoms. The van der Waals surface area contributed by atoms with E-state index in [0.29, 0.717) is 5.75 Å². The molecule has 3 aromatic rings. The van der Waals surface area contributed by atoms with Crippen LogP contribution in [0, 0.1) is 0 Å². The molecule has 1 saturated heterocycles. The number of halogens is 3. The number of alkyl halides is 3. The first-order chi connectivity index (χ1) is 17.7. The van der Waals surface area contributed by atoms with E-state index in [2.05, 4.69) is 22.1 Å². The number of carbonyl (C=O) groups is 1. The van der Waals surface area contributed by atoms with Crippen molar-refractivity contribution in [3.63, 3.8) is 0 Å². The highest BCUT2D eigenvalue weighted by Gasteiger charge is 2.34. The first-order valence-electron chi connectivity index (χ1n) is 12.4. The summed E-state index contributed by atoms with van der Waals surface area (Å²) in [5, 5.41) is 2.56. The number of ether oxygens (including phenoxy) is 1. The van der Waals surface area contributed by atoms with Crippen LogP contribution in [0.3, 0.4) is 0 Å². The van der Waals surface area contributed by atoms with Gasteiger partial charge >= 0.3 is 6.18 Å². The van der Waals surface area contributed by atoms with E-state index in [9.17, 15) is 18.0 Å². The molecule has 1 aliphatic heterocycles. The maximum Gasteiger partial charge on any atom is 0.416 e. The van der Waals surface area contributed by atoms with E-state index < -0.39 is 23.8 Å². The van der Waals surface area contributed by atoms with Crippen LogP contribution in [0.1, 0.15) is 25.0 Å². The highest BCUT2D eigenvalue weighted by atomic mass is 19.4. The molecule has 2 heterocycles. The number of carbonyl (C=O) groups excluding carboxylic acids is 1. The number of pyridine rings is 1. The second-order valence-corrected chi connectivity index (χ2v) is 9.10. The Morgan fingerprint density at radius 2 is 1.73 bits per heavy atom. The summed E-state index contributed by atoms with van der Waals surface area (Å²) in [5.41, 5.74) is 1.45. The van der Waals surface area contributed by atoms with E-state index in [4.69, 9.17) is 4.74 Å². The van der Waals surface area contributed by atoms with Gasteiger partial charge in [0.1, 0.15) is 5.75 Å². The van der Waals surface area contributed by atoms with Crippen molar-refractivity contribution in [3.05, 3.63) is 78.1 Å². The number of rotatable bonds is 8. The first-order valence-corrected chi connectivity index (χ1v) is 12.4. The molecule has 0 radical (unpaired) electrons. The van der Waals surface area contributed by atoms with Gasteiger partial charge < -0.3 is 15.0 Å². The SMILES string of the molecule is CCN1CCN(Cc2ccc(NC(=O)C(C)Oc3ccc(-c4cccnc4)cc3)cc2C(F)(F)F)CC1. The van der Waals surface area contributed by atoms with Gasteiger partial charge in [-0.15, -0.1) is 0 Å². The van der Waals surface area contributed by atoms with Crippen LogP contribution in [0.2, 0.25) is 0 Å². The molecular weight excluding hydrogens is 481 g/mol. The van der Waals surface area contributed by atoms with E-state index in [0.717, 1.165) is 49.9 Å². The van der Waals surface area contributed by atoms with Crippen LogP contribution in [-0.2, 0) is 17.5 Å². The van der Waals surface area contributed by atoms with Crippen molar-refractivity contribution in [1.29, 1.82) is 0 Å². The largest absolute Gasteiger partial charge is 0.481 e. The molecule has 0 saturated carbocycles. The first kappa shape index (κ1) is 26.6. The minimum absolute atomic E-state index is 0.0826. The fraction of sp³-hybridized carbons (Fsp3) is 0.357. The average Bonchev–Trinajstić information content (AvgIpc) is 2.90. The number of anilines is 1. The molecule has 1 unspecified atom stereocenters. The Morgan fingerprint density at radius 1 is 1.03 bits per heavy atom. The quantitative estimate of drug-likeness (QED) is 0.443. The lowest BCUT2D eigenvalue weighted by molar-refractivity contribution is -0.138. The summed E-state index contributed by atoms with van der Waals surface area (Å²) >= 11 is 0. The normalized spacial score (nSPS) is 15.8. The summed E-state index contributed by atoms with van der Waals surface area (Å²) in [6, 6.07) is 14.9. The summed E-state index contributed by atoms with van der Waals surface area (Å²) in [5.74, 6) is -0.0577. The second-order valence-electron chi connectivity index (χ2n) is 9.10. The predicted octanol–water partition coefficient (Wildman–Crippen LogP) is 5.31. The van der Waals surface area contributed by atoms with Gasteiger partial charge in [-0.25, -0.2) is 0 Å². The molecule has 1 N–H and O–H groups in total. The maximum atomic E-state index is 13.9. The standard InChI is InChI=1S/C28H31F3N4O2/c1-3-34-13-15-35(16-14-34)19-23-6-9-24(17-26(23)28(29,30)31)33-27(36)20(2)37-25-10-7-21(8-11-25)22-5-4-12-32-18-22/h4-12,17-18,20H,3,13-16,19H2,1-2H3,(H,33,36). The number of hydrogen-bond acceptors (Lipinski definition) is 5. The van der Waals surface area contributed by atoms with E-state index >= 15 is 0 Å². The molecule has 1 aliphatic rings. The van der Waals surface area contributed by atoms with Crippen molar-refractivity contribution < 1.29 is 22.7 Å². The molecule has 196 valence electrons. The molecule has 0 aliphatic carbocycles. The Balaban J connectivity index is 1.39. The summed E-state index contributed by atoms with van der Waals surface area (Å²) in [7, 11) is 0. The van der Waals surface area contributed by atoms with Crippen molar-refractivity contribution in [2.24, 2.45) is 0 Å². The lowest BCUT2D eigenvalue weighted by Gasteiger charge is -2.34. The molecule has 2 aromatic carbocycles. The molecule has 1 amide bonds.